The average molecular weight is 219 g/mol. The number of fused-ring (bicyclic) bond motifs is 1. The van der Waals surface area contributed by atoms with Crippen LogP contribution < -0.4 is 5.73 Å². The Bertz CT molecular complexity index is 371. The number of rotatable bonds is 2. The molecule has 1 fully saturated rings. The number of hydrogen-bond acceptors (Lipinski definition) is 2. The topological polar surface area (TPSA) is 26.0 Å². The Morgan fingerprint density at radius 1 is 1.33 bits per heavy atom. The maximum atomic E-state index is 5.76. The van der Waals surface area contributed by atoms with Gasteiger partial charge in [-0.25, -0.2) is 0 Å². The van der Waals surface area contributed by atoms with Crippen molar-refractivity contribution in [2.24, 2.45) is 5.73 Å². The van der Waals surface area contributed by atoms with E-state index in [1.165, 1.54) is 24.2 Å². The van der Waals surface area contributed by atoms with Crippen LogP contribution in [0.3, 0.4) is 0 Å². The third-order valence-electron chi connectivity index (χ3n) is 3.90. The fourth-order valence-electron chi connectivity index (χ4n) is 3.00. The molecule has 1 unspecified atom stereocenters. The molecule has 1 aliphatic carbocycles. The standard InChI is InChI=1S/C13H17NS/c14-9-6-11-10-4-1-2-5-12(10)15-13(11)7-3-8-13/h1-2,4-5,11H,3,6-9,14H2. The van der Waals surface area contributed by atoms with Crippen molar-refractivity contribution in [3.8, 4) is 0 Å². The van der Waals surface area contributed by atoms with Gasteiger partial charge in [0.25, 0.3) is 0 Å². The first-order chi connectivity index (χ1) is 7.36. The van der Waals surface area contributed by atoms with E-state index in [-0.39, 0.29) is 0 Å². The summed E-state index contributed by atoms with van der Waals surface area (Å²) < 4.78 is 0.531. The second-order valence-corrected chi connectivity index (χ2v) is 6.15. The summed E-state index contributed by atoms with van der Waals surface area (Å²) in [6.07, 6.45) is 5.33. The summed E-state index contributed by atoms with van der Waals surface area (Å²) >= 11 is 2.12. The molecule has 80 valence electrons. The van der Waals surface area contributed by atoms with E-state index >= 15 is 0 Å². The van der Waals surface area contributed by atoms with Gasteiger partial charge in [-0.3, -0.25) is 0 Å². The van der Waals surface area contributed by atoms with Crippen molar-refractivity contribution in [2.45, 2.75) is 41.2 Å². The van der Waals surface area contributed by atoms with Gasteiger partial charge in [-0.15, -0.1) is 11.8 Å². The second kappa shape index (κ2) is 3.53. The van der Waals surface area contributed by atoms with E-state index in [9.17, 15) is 0 Å². The van der Waals surface area contributed by atoms with Crippen LogP contribution in [-0.2, 0) is 0 Å². The Hall–Kier alpha value is -0.470. The number of benzene rings is 1. The molecule has 2 heteroatoms. The van der Waals surface area contributed by atoms with Gasteiger partial charge in [-0.05, 0) is 37.4 Å². The third-order valence-corrected chi connectivity index (χ3v) is 5.59. The van der Waals surface area contributed by atoms with Crippen LogP contribution in [0.5, 0.6) is 0 Å². The van der Waals surface area contributed by atoms with Crippen molar-refractivity contribution in [3.63, 3.8) is 0 Å². The highest BCUT2D eigenvalue weighted by Crippen LogP contribution is 2.63. The molecular weight excluding hydrogens is 202 g/mol. The highest BCUT2D eigenvalue weighted by molar-refractivity contribution is 8.01. The predicted octanol–water partition coefficient (Wildman–Crippen LogP) is 3.15. The molecule has 0 saturated heterocycles. The lowest BCUT2D eigenvalue weighted by Crippen LogP contribution is -2.37. The van der Waals surface area contributed by atoms with Gasteiger partial charge in [0.1, 0.15) is 0 Å². The molecule has 0 aromatic heterocycles. The molecule has 1 saturated carbocycles. The van der Waals surface area contributed by atoms with E-state index in [1.807, 2.05) is 0 Å². The molecule has 1 atom stereocenters. The zero-order valence-electron chi connectivity index (χ0n) is 8.91. The van der Waals surface area contributed by atoms with Crippen LogP contribution in [0.2, 0.25) is 0 Å². The molecule has 1 heterocycles. The molecule has 2 N–H and O–H groups in total. The summed E-state index contributed by atoms with van der Waals surface area (Å²) in [4.78, 5) is 1.51. The molecule has 1 aromatic carbocycles. The molecular formula is C13H17NS. The van der Waals surface area contributed by atoms with E-state index in [0.717, 1.165) is 18.9 Å². The number of nitrogens with two attached hydrogens (primary N) is 1. The van der Waals surface area contributed by atoms with E-state index in [1.54, 1.807) is 5.56 Å². The van der Waals surface area contributed by atoms with Crippen LogP contribution in [-0.4, -0.2) is 11.3 Å². The lowest BCUT2D eigenvalue weighted by molar-refractivity contribution is 0.304. The van der Waals surface area contributed by atoms with Crippen LogP contribution >= 0.6 is 11.8 Å². The molecule has 1 spiro atoms. The Balaban J connectivity index is 1.99. The van der Waals surface area contributed by atoms with E-state index in [2.05, 4.69) is 36.0 Å². The largest absolute Gasteiger partial charge is 0.330 e. The van der Waals surface area contributed by atoms with E-state index < -0.39 is 0 Å². The minimum absolute atomic E-state index is 0.531. The first kappa shape index (κ1) is 9.73. The minimum atomic E-state index is 0.531. The van der Waals surface area contributed by atoms with Crippen LogP contribution in [0, 0.1) is 0 Å². The molecule has 0 radical (unpaired) electrons. The molecule has 3 rings (SSSR count). The summed E-state index contributed by atoms with van der Waals surface area (Å²) in [5, 5.41) is 0. The van der Waals surface area contributed by atoms with Crippen molar-refractivity contribution in [1.82, 2.24) is 0 Å². The number of hydrogen-bond donors (Lipinski definition) is 1. The van der Waals surface area contributed by atoms with Crippen LogP contribution in [0.1, 0.15) is 37.2 Å². The Morgan fingerprint density at radius 3 is 2.80 bits per heavy atom. The molecule has 1 aromatic rings. The van der Waals surface area contributed by atoms with Crippen molar-refractivity contribution in [3.05, 3.63) is 29.8 Å². The summed E-state index contributed by atoms with van der Waals surface area (Å²) in [7, 11) is 0. The molecule has 1 nitrogen and oxygen atoms in total. The first-order valence-corrected chi connectivity index (χ1v) is 6.65. The van der Waals surface area contributed by atoms with Crippen molar-refractivity contribution >= 4 is 11.8 Å². The quantitative estimate of drug-likeness (QED) is 0.827. The fraction of sp³-hybridized carbons (Fsp3) is 0.538. The van der Waals surface area contributed by atoms with Crippen LogP contribution in [0.15, 0.2) is 29.2 Å². The second-order valence-electron chi connectivity index (χ2n) is 4.69. The van der Waals surface area contributed by atoms with Gasteiger partial charge in [0.15, 0.2) is 0 Å². The molecule has 15 heavy (non-hydrogen) atoms. The maximum Gasteiger partial charge on any atom is 0.0276 e. The Morgan fingerprint density at radius 2 is 2.13 bits per heavy atom. The van der Waals surface area contributed by atoms with Gasteiger partial charge in [-0.1, -0.05) is 24.6 Å². The predicted molar refractivity (Wildman–Crippen MR) is 65.3 cm³/mol. The SMILES string of the molecule is NCCC1c2ccccc2SC12CCC2. The normalized spacial score (nSPS) is 26.3. The number of thioether (sulfide) groups is 1. The molecule has 2 aliphatic rings. The summed E-state index contributed by atoms with van der Waals surface area (Å²) in [6, 6.07) is 8.90. The summed E-state index contributed by atoms with van der Waals surface area (Å²) in [5.41, 5.74) is 7.32. The monoisotopic (exact) mass is 219 g/mol. The third kappa shape index (κ3) is 1.35. The maximum absolute atomic E-state index is 5.76. The minimum Gasteiger partial charge on any atom is -0.330 e. The summed E-state index contributed by atoms with van der Waals surface area (Å²) in [5.74, 6) is 0.720. The first-order valence-electron chi connectivity index (χ1n) is 5.84. The zero-order valence-corrected chi connectivity index (χ0v) is 9.72. The lowest BCUT2D eigenvalue weighted by atomic mass is 9.71. The van der Waals surface area contributed by atoms with Gasteiger partial charge in [-0.2, -0.15) is 0 Å². The average Bonchev–Trinajstić information content (AvgIpc) is 2.54. The molecule has 0 bridgehead atoms. The molecule has 0 amide bonds. The lowest BCUT2D eigenvalue weighted by Gasteiger charge is -2.42. The van der Waals surface area contributed by atoms with Gasteiger partial charge >= 0.3 is 0 Å². The van der Waals surface area contributed by atoms with Crippen LogP contribution in [0.4, 0.5) is 0 Å². The molecule has 1 aliphatic heterocycles. The Labute approximate surface area is 95.4 Å². The Kier molecular flexibility index (Phi) is 2.29. The van der Waals surface area contributed by atoms with Crippen molar-refractivity contribution in [1.29, 1.82) is 0 Å². The van der Waals surface area contributed by atoms with Crippen molar-refractivity contribution in [2.75, 3.05) is 6.54 Å². The van der Waals surface area contributed by atoms with Gasteiger partial charge in [0.05, 0.1) is 0 Å². The van der Waals surface area contributed by atoms with Crippen LogP contribution in [0.25, 0.3) is 0 Å². The highest BCUT2D eigenvalue weighted by atomic mass is 32.2. The summed E-state index contributed by atoms with van der Waals surface area (Å²) in [6.45, 7) is 0.821. The van der Waals surface area contributed by atoms with Gasteiger partial charge in [0, 0.05) is 15.6 Å². The van der Waals surface area contributed by atoms with Gasteiger partial charge < -0.3 is 5.73 Å². The van der Waals surface area contributed by atoms with E-state index in [4.69, 9.17) is 5.73 Å². The van der Waals surface area contributed by atoms with E-state index in [0.29, 0.717) is 4.75 Å². The van der Waals surface area contributed by atoms with Gasteiger partial charge in [0.2, 0.25) is 0 Å². The smallest absolute Gasteiger partial charge is 0.0276 e. The zero-order chi connectivity index (χ0) is 10.3. The fourth-order valence-corrected chi connectivity index (χ4v) is 4.79. The highest BCUT2D eigenvalue weighted by Gasteiger charge is 2.49. The van der Waals surface area contributed by atoms with Crippen molar-refractivity contribution < 1.29 is 0 Å².